The first kappa shape index (κ1) is 14.3. The summed E-state index contributed by atoms with van der Waals surface area (Å²) < 4.78 is 10.8. The number of hydrogen-bond acceptors (Lipinski definition) is 6. The lowest BCUT2D eigenvalue weighted by Crippen LogP contribution is -1.96. The number of ether oxygens (including phenoxy) is 2. The third kappa shape index (κ3) is 3.71. The molecule has 2 rings (SSSR count). The van der Waals surface area contributed by atoms with E-state index in [1.807, 2.05) is 37.4 Å². The van der Waals surface area contributed by atoms with E-state index in [9.17, 15) is 0 Å². The van der Waals surface area contributed by atoms with Gasteiger partial charge < -0.3 is 9.47 Å². The van der Waals surface area contributed by atoms with E-state index < -0.39 is 0 Å². The lowest BCUT2D eigenvalue weighted by Gasteiger charge is -2.09. The SMILES string of the molecule is CCOc1ccc(/C=N/Nc2nc(C)cs2)cc1OC. The van der Waals surface area contributed by atoms with E-state index in [0.717, 1.165) is 22.1 Å². The quantitative estimate of drug-likeness (QED) is 0.655. The maximum atomic E-state index is 5.47. The highest BCUT2D eigenvalue weighted by atomic mass is 32.1. The highest BCUT2D eigenvalue weighted by Crippen LogP contribution is 2.27. The minimum absolute atomic E-state index is 0.606. The number of benzene rings is 1. The Bertz CT molecular complexity index is 596. The van der Waals surface area contributed by atoms with Gasteiger partial charge in [-0.25, -0.2) is 4.98 Å². The summed E-state index contributed by atoms with van der Waals surface area (Å²) in [6, 6.07) is 5.67. The van der Waals surface area contributed by atoms with E-state index in [1.165, 1.54) is 11.3 Å². The van der Waals surface area contributed by atoms with Crippen LogP contribution in [0.1, 0.15) is 18.2 Å². The standard InChI is InChI=1S/C14H17N3O2S/c1-4-19-12-6-5-11(7-13(12)18-3)8-15-17-14-16-10(2)9-20-14/h5-9H,4H2,1-3H3,(H,16,17)/b15-8+. The van der Waals surface area contributed by atoms with Crippen molar-refractivity contribution in [3.63, 3.8) is 0 Å². The van der Waals surface area contributed by atoms with Gasteiger partial charge in [0, 0.05) is 5.38 Å². The summed E-state index contributed by atoms with van der Waals surface area (Å²) in [4.78, 5) is 4.26. The van der Waals surface area contributed by atoms with E-state index in [0.29, 0.717) is 12.4 Å². The Hall–Kier alpha value is -2.08. The van der Waals surface area contributed by atoms with E-state index in [-0.39, 0.29) is 0 Å². The van der Waals surface area contributed by atoms with Gasteiger partial charge in [-0.1, -0.05) is 0 Å². The first-order valence-electron chi connectivity index (χ1n) is 6.25. The van der Waals surface area contributed by atoms with Gasteiger partial charge in [-0.3, -0.25) is 5.43 Å². The van der Waals surface area contributed by atoms with Gasteiger partial charge in [0.1, 0.15) is 0 Å². The smallest absolute Gasteiger partial charge is 0.203 e. The molecule has 0 aliphatic heterocycles. The fourth-order valence-electron chi connectivity index (χ4n) is 1.61. The van der Waals surface area contributed by atoms with Crippen LogP contribution in [-0.2, 0) is 0 Å². The van der Waals surface area contributed by atoms with Crippen molar-refractivity contribution < 1.29 is 9.47 Å². The molecule has 2 aromatic rings. The number of thiazole rings is 1. The molecular weight excluding hydrogens is 274 g/mol. The second-order valence-corrected chi connectivity index (χ2v) is 4.87. The highest BCUT2D eigenvalue weighted by Gasteiger charge is 2.04. The molecule has 0 radical (unpaired) electrons. The average Bonchev–Trinajstić information content (AvgIpc) is 2.86. The number of hydrazone groups is 1. The molecule has 106 valence electrons. The van der Waals surface area contributed by atoms with Crippen molar-refractivity contribution in [2.75, 3.05) is 19.1 Å². The normalized spacial score (nSPS) is 10.8. The number of methoxy groups -OCH3 is 1. The molecule has 0 saturated carbocycles. The van der Waals surface area contributed by atoms with Crippen molar-refractivity contribution in [1.29, 1.82) is 0 Å². The van der Waals surface area contributed by atoms with Crippen LogP contribution in [-0.4, -0.2) is 24.9 Å². The van der Waals surface area contributed by atoms with Crippen molar-refractivity contribution in [3.8, 4) is 11.5 Å². The van der Waals surface area contributed by atoms with Crippen molar-refractivity contribution >= 4 is 22.7 Å². The highest BCUT2D eigenvalue weighted by molar-refractivity contribution is 7.13. The Balaban J connectivity index is 2.05. The van der Waals surface area contributed by atoms with Gasteiger partial charge in [-0.2, -0.15) is 5.10 Å². The fourth-order valence-corrected chi connectivity index (χ4v) is 2.24. The summed E-state index contributed by atoms with van der Waals surface area (Å²) in [6.07, 6.45) is 1.72. The molecule has 6 heteroatoms. The molecular formula is C14H17N3O2S. The van der Waals surface area contributed by atoms with Crippen molar-refractivity contribution in [3.05, 3.63) is 34.8 Å². The van der Waals surface area contributed by atoms with Crippen LogP contribution in [0.4, 0.5) is 5.13 Å². The number of nitrogens with one attached hydrogen (secondary N) is 1. The summed E-state index contributed by atoms with van der Waals surface area (Å²) in [6.45, 7) is 4.49. The second kappa shape index (κ2) is 6.91. The second-order valence-electron chi connectivity index (χ2n) is 4.01. The number of hydrogen-bond donors (Lipinski definition) is 1. The average molecular weight is 291 g/mol. The molecule has 0 amide bonds. The molecule has 20 heavy (non-hydrogen) atoms. The van der Waals surface area contributed by atoms with Crippen molar-refractivity contribution in [2.45, 2.75) is 13.8 Å². The van der Waals surface area contributed by atoms with Crippen LogP contribution < -0.4 is 14.9 Å². The van der Waals surface area contributed by atoms with Gasteiger partial charge in [0.2, 0.25) is 5.13 Å². The maximum absolute atomic E-state index is 5.47. The van der Waals surface area contributed by atoms with Gasteiger partial charge in [-0.15, -0.1) is 11.3 Å². The lowest BCUT2D eigenvalue weighted by molar-refractivity contribution is 0.311. The number of rotatable bonds is 6. The number of aryl methyl sites for hydroxylation is 1. The largest absolute Gasteiger partial charge is 0.493 e. The molecule has 1 heterocycles. The topological polar surface area (TPSA) is 55.7 Å². The lowest BCUT2D eigenvalue weighted by atomic mass is 10.2. The van der Waals surface area contributed by atoms with Gasteiger partial charge in [-0.05, 0) is 37.6 Å². The zero-order valence-corrected chi connectivity index (χ0v) is 12.5. The zero-order chi connectivity index (χ0) is 14.4. The predicted octanol–water partition coefficient (Wildman–Crippen LogP) is 3.30. The van der Waals surface area contributed by atoms with E-state index in [1.54, 1.807) is 13.3 Å². The Morgan fingerprint density at radius 3 is 2.90 bits per heavy atom. The van der Waals surface area contributed by atoms with E-state index in [4.69, 9.17) is 9.47 Å². The van der Waals surface area contributed by atoms with Crippen molar-refractivity contribution in [1.82, 2.24) is 4.98 Å². The molecule has 1 aromatic carbocycles. The van der Waals surface area contributed by atoms with Crippen LogP contribution in [0.15, 0.2) is 28.7 Å². The van der Waals surface area contributed by atoms with E-state index in [2.05, 4.69) is 15.5 Å². The molecule has 0 saturated heterocycles. The molecule has 0 bridgehead atoms. The molecule has 0 aliphatic rings. The van der Waals surface area contributed by atoms with Gasteiger partial charge in [0.05, 0.1) is 25.6 Å². The Labute approximate surface area is 122 Å². The summed E-state index contributed by atoms with van der Waals surface area (Å²) in [7, 11) is 1.62. The Kier molecular flexibility index (Phi) is 4.95. The third-order valence-corrected chi connectivity index (χ3v) is 3.35. The number of aromatic nitrogens is 1. The molecule has 0 atom stereocenters. The minimum Gasteiger partial charge on any atom is -0.493 e. The fraction of sp³-hybridized carbons (Fsp3) is 0.286. The first-order chi connectivity index (χ1) is 9.72. The Morgan fingerprint density at radius 2 is 2.25 bits per heavy atom. The van der Waals surface area contributed by atoms with Gasteiger partial charge >= 0.3 is 0 Å². The maximum Gasteiger partial charge on any atom is 0.203 e. The minimum atomic E-state index is 0.606. The van der Waals surface area contributed by atoms with Gasteiger partial charge in [0.15, 0.2) is 11.5 Å². The predicted molar refractivity (Wildman–Crippen MR) is 82.2 cm³/mol. The number of nitrogens with zero attached hydrogens (tertiary/aromatic N) is 2. The van der Waals surface area contributed by atoms with Crippen LogP contribution in [0.2, 0.25) is 0 Å². The van der Waals surface area contributed by atoms with Crippen LogP contribution in [0, 0.1) is 6.92 Å². The third-order valence-electron chi connectivity index (χ3n) is 2.48. The van der Waals surface area contributed by atoms with Crippen LogP contribution in [0.25, 0.3) is 0 Å². The van der Waals surface area contributed by atoms with Crippen LogP contribution >= 0.6 is 11.3 Å². The summed E-state index contributed by atoms with van der Waals surface area (Å²) in [5.41, 5.74) is 4.80. The molecule has 5 nitrogen and oxygen atoms in total. The van der Waals surface area contributed by atoms with Crippen LogP contribution in [0.5, 0.6) is 11.5 Å². The van der Waals surface area contributed by atoms with Gasteiger partial charge in [0.25, 0.3) is 0 Å². The molecule has 0 aliphatic carbocycles. The molecule has 1 N–H and O–H groups in total. The molecule has 0 fully saturated rings. The monoisotopic (exact) mass is 291 g/mol. The first-order valence-corrected chi connectivity index (χ1v) is 7.13. The molecule has 1 aromatic heterocycles. The summed E-state index contributed by atoms with van der Waals surface area (Å²) in [5.74, 6) is 1.43. The van der Waals surface area contributed by atoms with Crippen molar-refractivity contribution in [2.24, 2.45) is 5.10 Å². The van der Waals surface area contributed by atoms with E-state index >= 15 is 0 Å². The summed E-state index contributed by atoms with van der Waals surface area (Å²) >= 11 is 1.52. The Morgan fingerprint density at radius 1 is 1.40 bits per heavy atom. The summed E-state index contributed by atoms with van der Waals surface area (Å²) in [5, 5.41) is 6.90. The molecule has 0 unspecified atom stereocenters. The number of anilines is 1. The zero-order valence-electron chi connectivity index (χ0n) is 11.7. The molecule has 0 spiro atoms. The van der Waals surface area contributed by atoms with Crippen LogP contribution in [0.3, 0.4) is 0 Å².